The molecule has 0 N–H and O–H groups in total. The van der Waals surface area contributed by atoms with E-state index in [1.165, 1.54) is 6.07 Å². The molecule has 0 radical (unpaired) electrons. The van der Waals surface area contributed by atoms with Crippen molar-refractivity contribution in [3.8, 4) is 0 Å². The monoisotopic (exact) mass is 323 g/mol. The molecule has 0 aliphatic carbocycles. The number of hydrogen-bond donors (Lipinski definition) is 0. The Morgan fingerprint density at radius 3 is 2.71 bits per heavy atom. The fourth-order valence-electron chi connectivity index (χ4n) is 2.35. The molecule has 1 aromatic carbocycles. The third kappa shape index (κ3) is 2.68. The maximum Gasteiger partial charge on any atom is 0.128 e. The van der Waals surface area contributed by atoms with Crippen molar-refractivity contribution in [3.63, 3.8) is 0 Å². The predicted octanol–water partition coefficient (Wildman–Crippen LogP) is 4.60. The first-order valence-corrected chi connectivity index (χ1v) is 7.98. The number of aryl methyl sites for hydroxylation is 2. The summed E-state index contributed by atoms with van der Waals surface area (Å²) in [6.07, 6.45) is 0. The van der Waals surface area contributed by atoms with Crippen molar-refractivity contribution in [2.24, 2.45) is 0 Å². The van der Waals surface area contributed by atoms with Crippen molar-refractivity contribution < 1.29 is 4.39 Å². The van der Waals surface area contributed by atoms with Gasteiger partial charge in [0.15, 0.2) is 0 Å². The van der Waals surface area contributed by atoms with E-state index in [1.54, 1.807) is 18.3 Å². The number of aromatic nitrogens is 3. The van der Waals surface area contributed by atoms with E-state index in [0.29, 0.717) is 17.6 Å². The quantitative estimate of drug-likeness (QED) is 0.660. The third-order valence-corrected chi connectivity index (χ3v) is 4.52. The van der Waals surface area contributed by atoms with Crippen LogP contribution in [-0.2, 0) is 6.54 Å². The highest BCUT2D eigenvalue weighted by atomic mass is 35.5. The molecular weight excluding hydrogens is 309 g/mol. The summed E-state index contributed by atoms with van der Waals surface area (Å²) in [5.74, 6) is 0.496. The summed E-state index contributed by atoms with van der Waals surface area (Å²) in [4.78, 5) is 8.97. The third-order valence-electron chi connectivity index (χ3n) is 3.37. The molecule has 0 aliphatic heterocycles. The van der Waals surface area contributed by atoms with Crippen LogP contribution in [0.15, 0.2) is 17.5 Å². The number of fused-ring (bicyclic) bond motifs is 1. The van der Waals surface area contributed by atoms with Gasteiger partial charge in [-0.2, -0.15) is 0 Å². The molecule has 3 nitrogen and oxygen atoms in total. The molecule has 3 aromatic rings. The maximum absolute atomic E-state index is 13.7. The molecule has 6 heteroatoms. The van der Waals surface area contributed by atoms with E-state index in [-0.39, 0.29) is 11.2 Å². The number of nitrogens with zero attached hydrogens (tertiary/aromatic N) is 3. The van der Waals surface area contributed by atoms with E-state index < -0.39 is 0 Å². The lowest BCUT2D eigenvalue weighted by molar-refractivity contribution is 0.620. The van der Waals surface area contributed by atoms with Crippen LogP contribution in [0, 0.1) is 19.7 Å². The number of halogens is 2. The van der Waals surface area contributed by atoms with E-state index >= 15 is 0 Å². The fourth-order valence-corrected chi connectivity index (χ4v) is 3.28. The highest BCUT2D eigenvalue weighted by Crippen LogP contribution is 2.27. The van der Waals surface area contributed by atoms with Crippen molar-refractivity contribution in [3.05, 3.63) is 45.4 Å². The molecule has 0 saturated heterocycles. The van der Waals surface area contributed by atoms with Gasteiger partial charge in [0.25, 0.3) is 0 Å². The predicted molar refractivity (Wildman–Crippen MR) is 84.6 cm³/mol. The van der Waals surface area contributed by atoms with Crippen LogP contribution in [0.25, 0.3) is 11.0 Å². The van der Waals surface area contributed by atoms with Crippen LogP contribution in [0.5, 0.6) is 0 Å². The molecule has 0 saturated carbocycles. The van der Waals surface area contributed by atoms with Crippen LogP contribution >= 0.6 is 22.9 Å². The topological polar surface area (TPSA) is 30.7 Å². The van der Waals surface area contributed by atoms with Crippen molar-refractivity contribution in [1.82, 2.24) is 14.5 Å². The zero-order valence-corrected chi connectivity index (χ0v) is 13.6. The van der Waals surface area contributed by atoms with Crippen LogP contribution in [0.3, 0.4) is 0 Å². The Balaban J connectivity index is 2.17. The first-order valence-electron chi connectivity index (χ1n) is 6.67. The molecule has 0 bridgehead atoms. The summed E-state index contributed by atoms with van der Waals surface area (Å²) >= 11 is 7.84. The minimum atomic E-state index is -0.248. The van der Waals surface area contributed by atoms with Gasteiger partial charge in [-0.05, 0) is 32.4 Å². The molecule has 0 spiro atoms. The number of rotatable bonds is 3. The molecule has 21 heavy (non-hydrogen) atoms. The second-order valence-electron chi connectivity index (χ2n) is 5.14. The van der Waals surface area contributed by atoms with E-state index in [4.69, 9.17) is 11.6 Å². The number of benzene rings is 1. The summed E-state index contributed by atoms with van der Waals surface area (Å²) in [7, 11) is 0. The first-order chi connectivity index (χ1) is 9.95. The molecule has 2 aromatic heterocycles. The van der Waals surface area contributed by atoms with Crippen molar-refractivity contribution >= 4 is 34.0 Å². The van der Waals surface area contributed by atoms with Gasteiger partial charge in [-0.15, -0.1) is 22.9 Å². The molecular formula is C15H15ClFN3S. The smallest absolute Gasteiger partial charge is 0.128 e. The standard InChI is InChI=1S/C15H15ClFN3S/c1-8-4-13-12(5-11(8)17)19-15(10(3)16)20(13)6-14-18-9(2)7-21-14/h4-5,7,10H,6H2,1-3H3. The Labute approximate surface area is 131 Å². The zero-order chi connectivity index (χ0) is 15.1. The minimum Gasteiger partial charge on any atom is -0.320 e. The largest absolute Gasteiger partial charge is 0.320 e. The van der Waals surface area contributed by atoms with Crippen molar-refractivity contribution in [1.29, 1.82) is 0 Å². The van der Waals surface area contributed by atoms with Crippen LogP contribution in [-0.4, -0.2) is 14.5 Å². The Bertz CT molecular complexity index is 807. The van der Waals surface area contributed by atoms with Crippen LogP contribution in [0.1, 0.15) is 34.4 Å². The van der Waals surface area contributed by atoms with E-state index in [2.05, 4.69) is 9.97 Å². The summed E-state index contributed by atoms with van der Waals surface area (Å²) in [5, 5.41) is 2.76. The zero-order valence-electron chi connectivity index (χ0n) is 12.0. The Kier molecular flexibility index (Phi) is 3.71. The van der Waals surface area contributed by atoms with Gasteiger partial charge >= 0.3 is 0 Å². The molecule has 1 unspecified atom stereocenters. The maximum atomic E-state index is 13.7. The van der Waals surface area contributed by atoms with Gasteiger partial charge < -0.3 is 4.57 Å². The van der Waals surface area contributed by atoms with Gasteiger partial charge in [0.2, 0.25) is 0 Å². The van der Waals surface area contributed by atoms with Crippen molar-refractivity contribution in [2.75, 3.05) is 0 Å². The fraction of sp³-hybridized carbons (Fsp3) is 0.333. The second-order valence-corrected chi connectivity index (χ2v) is 6.74. The highest BCUT2D eigenvalue weighted by molar-refractivity contribution is 7.09. The average Bonchev–Trinajstić information content (AvgIpc) is 2.96. The normalized spacial score (nSPS) is 13.0. The van der Waals surface area contributed by atoms with E-state index in [1.807, 2.05) is 29.9 Å². The average molecular weight is 324 g/mol. The van der Waals surface area contributed by atoms with Gasteiger partial charge in [0.1, 0.15) is 16.6 Å². The summed E-state index contributed by atoms with van der Waals surface area (Å²) in [5.41, 5.74) is 3.13. The van der Waals surface area contributed by atoms with Gasteiger partial charge in [-0.3, -0.25) is 0 Å². The first kappa shape index (κ1) is 14.5. The molecule has 1 atom stereocenters. The summed E-state index contributed by atoms with van der Waals surface area (Å²) in [6.45, 7) is 6.20. The van der Waals surface area contributed by atoms with Gasteiger partial charge in [0, 0.05) is 17.1 Å². The molecule has 110 valence electrons. The summed E-state index contributed by atoms with van der Waals surface area (Å²) in [6, 6.07) is 3.29. The van der Waals surface area contributed by atoms with E-state index in [0.717, 1.165) is 22.0 Å². The Morgan fingerprint density at radius 2 is 2.10 bits per heavy atom. The number of hydrogen-bond acceptors (Lipinski definition) is 3. The van der Waals surface area contributed by atoms with Crippen molar-refractivity contribution in [2.45, 2.75) is 32.7 Å². The molecule has 0 fully saturated rings. The van der Waals surface area contributed by atoms with Crippen LogP contribution in [0.2, 0.25) is 0 Å². The lowest BCUT2D eigenvalue weighted by Crippen LogP contribution is -2.05. The van der Waals surface area contributed by atoms with E-state index in [9.17, 15) is 4.39 Å². The molecule has 0 amide bonds. The number of alkyl halides is 1. The lowest BCUT2D eigenvalue weighted by Gasteiger charge is -2.09. The minimum absolute atomic E-state index is 0.244. The second kappa shape index (κ2) is 5.39. The highest BCUT2D eigenvalue weighted by Gasteiger charge is 2.17. The SMILES string of the molecule is Cc1csc(Cn2c(C(C)Cl)nc3cc(F)c(C)cc32)n1. The summed E-state index contributed by atoms with van der Waals surface area (Å²) < 4.78 is 15.8. The molecule has 0 aliphatic rings. The Hall–Kier alpha value is -1.46. The molecule has 3 rings (SSSR count). The van der Waals surface area contributed by atoms with Gasteiger partial charge in [-0.1, -0.05) is 0 Å². The van der Waals surface area contributed by atoms with Gasteiger partial charge in [-0.25, -0.2) is 14.4 Å². The van der Waals surface area contributed by atoms with Crippen LogP contribution in [0.4, 0.5) is 4.39 Å². The van der Waals surface area contributed by atoms with Crippen LogP contribution < -0.4 is 0 Å². The number of imidazole rings is 1. The number of thiazole rings is 1. The lowest BCUT2D eigenvalue weighted by atomic mass is 10.2. The Morgan fingerprint density at radius 1 is 1.33 bits per heavy atom. The van der Waals surface area contributed by atoms with Gasteiger partial charge in [0.05, 0.1) is 23.0 Å². The molecule has 2 heterocycles.